The van der Waals surface area contributed by atoms with Gasteiger partial charge in [0, 0.05) is 16.2 Å². The van der Waals surface area contributed by atoms with Crippen LogP contribution in [0, 0.1) is 0 Å². The van der Waals surface area contributed by atoms with Crippen LogP contribution in [0.25, 0.3) is 10.8 Å². The normalized spacial score (nSPS) is 23.0. The van der Waals surface area contributed by atoms with Gasteiger partial charge in [0.2, 0.25) is 0 Å². The first-order chi connectivity index (χ1) is 9.36. The quantitative estimate of drug-likeness (QED) is 0.881. The molecule has 1 N–H and O–H groups in total. The summed E-state index contributed by atoms with van der Waals surface area (Å²) in [5.74, 6) is 0. The molecule has 100 valence electrons. The van der Waals surface area contributed by atoms with Crippen LogP contribution >= 0.6 is 11.8 Å². The fourth-order valence-electron chi connectivity index (χ4n) is 2.98. The molecule has 2 atom stereocenters. The Morgan fingerprint density at radius 1 is 1.11 bits per heavy atom. The fraction of sp³-hybridized carbons (Fsp3) is 0.412. The van der Waals surface area contributed by atoms with Crippen LogP contribution in [0.3, 0.4) is 0 Å². The lowest BCUT2D eigenvalue weighted by molar-refractivity contribution is 0.551. The molecule has 0 saturated heterocycles. The van der Waals surface area contributed by atoms with Crippen molar-refractivity contribution in [2.45, 2.75) is 42.4 Å². The Balaban J connectivity index is 1.77. The van der Waals surface area contributed by atoms with Crippen LogP contribution in [0.2, 0.25) is 0 Å². The van der Waals surface area contributed by atoms with Gasteiger partial charge in [0.05, 0.1) is 0 Å². The van der Waals surface area contributed by atoms with Gasteiger partial charge in [-0.1, -0.05) is 43.7 Å². The van der Waals surface area contributed by atoms with E-state index < -0.39 is 0 Å². The van der Waals surface area contributed by atoms with Crippen LogP contribution in [0.5, 0.6) is 0 Å². The number of nitrogens with one attached hydrogen (secondary N) is 1. The molecule has 0 heterocycles. The Hall–Kier alpha value is -0.990. The van der Waals surface area contributed by atoms with Crippen molar-refractivity contribution in [2.24, 2.45) is 0 Å². The highest BCUT2D eigenvalue weighted by Crippen LogP contribution is 2.36. The van der Waals surface area contributed by atoms with E-state index in [2.05, 4.69) is 66.5 Å². The number of hydrogen-bond donors (Lipinski definition) is 1. The fourth-order valence-corrected chi connectivity index (χ4v) is 4.35. The number of fused-ring (bicyclic) bond motifs is 1. The van der Waals surface area contributed by atoms with Gasteiger partial charge in [-0.3, -0.25) is 0 Å². The van der Waals surface area contributed by atoms with Crippen molar-refractivity contribution in [2.75, 3.05) is 6.54 Å². The average Bonchev–Trinajstić information content (AvgIpc) is 2.86. The summed E-state index contributed by atoms with van der Waals surface area (Å²) in [6.45, 7) is 3.29. The number of thioether (sulfide) groups is 1. The van der Waals surface area contributed by atoms with E-state index in [9.17, 15) is 0 Å². The highest BCUT2D eigenvalue weighted by Gasteiger charge is 2.27. The van der Waals surface area contributed by atoms with Crippen molar-refractivity contribution >= 4 is 22.5 Å². The van der Waals surface area contributed by atoms with Gasteiger partial charge in [0.25, 0.3) is 0 Å². The van der Waals surface area contributed by atoms with E-state index in [-0.39, 0.29) is 0 Å². The highest BCUT2D eigenvalue weighted by molar-refractivity contribution is 8.00. The minimum atomic E-state index is 0.696. The maximum atomic E-state index is 3.63. The zero-order valence-corrected chi connectivity index (χ0v) is 12.2. The largest absolute Gasteiger partial charge is 0.313 e. The number of hydrogen-bond acceptors (Lipinski definition) is 2. The first kappa shape index (κ1) is 13.0. The first-order valence-electron chi connectivity index (χ1n) is 7.25. The third-order valence-corrected chi connectivity index (χ3v) is 5.32. The van der Waals surface area contributed by atoms with Gasteiger partial charge in [0.15, 0.2) is 0 Å². The predicted molar refractivity (Wildman–Crippen MR) is 84.9 cm³/mol. The number of benzene rings is 2. The lowest BCUT2D eigenvalue weighted by atomic mass is 10.1. The molecule has 3 rings (SSSR count). The second-order valence-electron chi connectivity index (χ2n) is 5.26. The van der Waals surface area contributed by atoms with Gasteiger partial charge in [-0.15, -0.1) is 11.8 Å². The smallest absolute Gasteiger partial charge is 0.0248 e. The lowest BCUT2D eigenvalue weighted by Crippen LogP contribution is -2.33. The second-order valence-corrected chi connectivity index (χ2v) is 6.57. The minimum absolute atomic E-state index is 0.696. The SMILES string of the molecule is CCNC1CCCC1Sc1ccc2ccccc2c1. The minimum Gasteiger partial charge on any atom is -0.313 e. The lowest BCUT2D eigenvalue weighted by Gasteiger charge is -2.20. The second kappa shape index (κ2) is 5.98. The molecule has 1 nitrogen and oxygen atoms in total. The first-order valence-corrected chi connectivity index (χ1v) is 8.13. The maximum Gasteiger partial charge on any atom is 0.0248 e. The van der Waals surface area contributed by atoms with E-state index in [0.29, 0.717) is 6.04 Å². The van der Waals surface area contributed by atoms with E-state index in [4.69, 9.17) is 0 Å². The molecule has 0 aromatic heterocycles. The van der Waals surface area contributed by atoms with Crippen molar-refractivity contribution in [3.8, 4) is 0 Å². The van der Waals surface area contributed by atoms with E-state index >= 15 is 0 Å². The van der Waals surface area contributed by atoms with Crippen LogP contribution in [0.4, 0.5) is 0 Å². The van der Waals surface area contributed by atoms with E-state index in [1.165, 1.54) is 34.9 Å². The summed E-state index contributed by atoms with van der Waals surface area (Å²) in [7, 11) is 0. The topological polar surface area (TPSA) is 12.0 Å². The Bertz CT molecular complexity index is 552. The summed E-state index contributed by atoms with van der Waals surface area (Å²) in [6, 6.07) is 16.2. The zero-order valence-electron chi connectivity index (χ0n) is 11.4. The predicted octanol–water partition coefficient (Wildman–Crippen LogP) is 4.46. The third kappa shape index (κ3) is 2.96. The van der Waals surface area contributed by atoms with Gasteiger partial charge < -0.3 is 5.32 Å². The Morgan fingerprint density at radius 2 is 1.95 bits per heavy atom. The molecule has 1 aliphatic rings. The van der Waals surface area contributed by atoms with Crippen LogP contribution in [-0.2, 0) is 0 Å². The van der Waals surface area contributed by atoms with Crippen molar-refractivity contribution in [1.29, 1.82) is 0 Å². The molecule has 0 spiro atoms. The molecule has 2 heteroatoms. The van der Waals surface area contributed by atoms with Gasteiger partial charge in [-0.2, -0.15) is 0 Å². The monoisotopic (exact) mass is 271 g/mol. The van der Waals surface area contributed by atoms with Crippen LogP contribution < -0.4 is 5.32 Å². The van der Waals surface area contributed by atoms with Gasteiger partial charge in [0.1, 0.15) is 0 Å². The van der Waals surface area contributed by atoms with Crippen LogP contribution in [-0.4, -0.2) is 17.8 Å². The van der Waals surface area contributed by atoms with E-state index in [1.54, 1.807) is 0 Å². The molecule has 0 aliphatic heterocycles. The molecule has 2 unspecified atom stereocenters. The summed E-state index contributed by atoms with van der Waals surface area (Å²) in [6.07, 6.45) is 4.04. The van der Waals surface area contributed by atoms with Crippen molar-refractivity contribution < 1.29 is 0 Å². The Labute approximate surface area is 119 Å². The molecule has 0 radical (unpaired) electrons. The van der Waals surface area contributed by atoms with Crippen molar-refractivity contribution in [3.63, 3.8) is 0 Å². The summed E-state index contributed by atoms with van der Waals surface area (Å²) >= 11 is 2.05. The van der Waals surface area contributed by atoms with E-state index in [0.717, 1.165) is 11.8 Å². The molecule has 1 saturated carbocycles. The molecule has 0 amide bonds. The van der Waals surface area contributed by atoms with E-state index in [1.807, 2.05) is 0 Å². The number of rotatable bonds is 4. The van der Waals surface area contributed by atoms with Crippen molar-refractivity contribution in [1.82, 2.24) is 5.32 Å². The highest BCUT2D eigenvalue weighted by atomic mass is 32.2. The molecule has 2 aromatic rings. The molecular weight excluding hydrogens is 250 g/mol. The summed E-state index contributed by atoms with van der Waals surface area (Å²) in [4.78, 5) is 1.41. The van der Waals surface area contributed by atoms with Crippen LogP contribution in [0.15, 0.2) is 47.4 Å². The maximum absolute atomic E-state index is 3.63. The molecular formula is C17H21NS. The Morgan fingerprint density at radius 3 is 2.79 bits per heavy atom. The average molecular weight is 271 g/mol. The van der Waals surface area contributed by atoms with Crippen molar-refractivity contribution in [3.05, 3.63) is 42.5 Å². The summed E-state index contributed by atoms with van der Waals surface area (Å²) < 4.78 is 0. The van der Waals surface area contributed by atoms with Gasteiger partial charge in [-0.05, 0) is 42.3 Å². The van der Waals surface area contributed by atoms with Gasteiger partial charge >= 0.3 is 0 Å². The zero-order chi connectivity index (χ0) is 13.1. The molecule has 1 fully saturated rings. The van der Waals surface area contributed by atoms with Gasteiger partial charge in [-0.25, -0.2) is 0 Å². The van der Waals surface area contributed by atoms with Crippen LogP contribution in [0.1, 0.15) is 26.2 Å². The third-order valence-electron chi connectivity index (χ3n) is 3.93. The Kier molecular flexibility index (Phi) is 4.09. The summed E-state index contributed by atoms with van der Waals surface area (Å²) in [5, 5.41) is 7.06. The molecule has 0 bridgehead atoms. The summed E-state index contributed by atoms with van der Waals surface area (Å²) in [5.41, 5.74) is 0. The molecule has 2 aromatic carbocycles. The molecule has 1 aliphatic carbocycles. The molecule has 19 heavy (non-hydrogen) atoms. The standard InChI is InChI=1S/C17H21NS/c1-2-18-16-8-5-9-17(16)19-15-11-10-13-6-3-4-7-14(13)12-15/h3-4,6-7,10-12,16-18H,2,5,8-9H2,1H3.